The fourth-order valence-corrected chi connectivity index (χ4v) is 6.83. The topological polar surface area (TPSA) is 17.1 Å². The second-order valence-electron chi connectivity index (χ2n) is 8.92. The van der Waals surface area contributed by atoms with E-state index in [1.54, 1.807) is 11.1 Å². The zero-order valence-corrected chi connectivity index (χ0v) is 14.0. The van der Waals surface area contributed by atoms with Gasteiger partial charge in [0.05, 0.1) is 0 Å². The second-order valence-corrected chi connectivity index (χ2v) is 8.92. The van der Waals surface area contributed by atoms with Crippen molar-refractivity contribution in [3.8, 4) is 0 Å². The van der Waals surface area contributed by atoms with E-state index in [-0.39, 0.29) is 0 Å². The molecule has 4 rings (SSSR count). The molecule has 0 saturated heterocycles. The summed E-state index contributed by atoms with van der Waals surface area (Å²) >= 11 is 0. The first-order valence-electron chi connectivity index (χ1n) is 9.18. The summed E-state index contributed by atoms with van der Waals surface area (Å²) in [6.07, 6.45) is 11.0. The van der Waals surface area contributed by atoms with E-state index in [1.807, 2.05) is 0 Å². The highest BCUT2D eigenvalue weighted by Crippen LogP contribution is 2.69. The lowest BCUT2D eigenvalue weighted by molar-refractivity contribution is -0.119. The number of fused-ring (bicyclic) bond motifs is 4. The smallest absolute Gasteiger partial charge is 0.137 e. The maximum Gasteiger partial charge on any atom is 0.137 e. The highest BCUT2D eigenvalue weighted by molar-refractivity contribution is 5.82. The average molecular weight is 286 g/mol. The van der Waals surface area contributed by atoms with Crippen LogP contribution < -0.4 is 0 Å². The van der Waals surface area contributed by atoms with Crippen molar-refractivity contribution >= 4 is 5.78 Å². The molecule has 0 aromatic carbocycles. The third kappa shape index (κ3) is 1.72. The second kappa shape index (κ2) is 4.46. The van der Waals surface area contributed by atoms with E-state index in [0.29, 0.717) is 16.6 Å². The highest BCUT2D eigenvalue weighted by atomic mass is 16.1. The minimum atomic E-state index is 0.494. The Hall–Kier alpha value is -0.590. The van der Waals surface area contributed by atoms with Gasteiger partial charge in [0.2, 0.25) is 0 Å². The van der Waals surface area contributed by atoms with E-state index < -0.39 is 0 Å². The Morgan fingerprint density at radius 2 is 1.76 bits per heavy atom. The first-order chi connectivity index (χ1) is 9.96. The molecule has 2 fully saturated rings. The van der Waals surface area contributed by atoms with Crippen LogP contribution in [-0.4, -0.2) is 5.78 Å². The van der Waals surface area contributed by atoms with Crippen LogP contribution in [0.3, 0.4) is 0 Å². The molecule has 0 bridgehead atoms. The fourth-order valence-electron chi connectivity index (χ4n) is 6.83. The lowest BCUT2D eigenvalue weighted by atomic mass is 9.46. The minimum absolute atomic E-state index is 0.494. The van der Waals surface area contributed by atoms with Gasteiger partial charge in [0.1, 0.15) is 5.78 Å². The van der Waals surface area contributed by atoms with Gasteiger partial charge in [-0.1, -0.05) is 31.9 Å². The Morgan fingerprint density at radius 1 is 1.00 bits per heavy atom. The zero-order valence-electron chi connectivity index (χ0n) is 14.0. The van der Waals surface area contributed by atoms with Gasteiger partial charge in [0, 0.05) is 12.8 Å². The maximum atomic E-state index is 11.8. The number of Topliss-reactive ketones (excluding diaryl/α,β-unsaturated/α-hetero) is 1. The zero-order chi connectivity index (χ0) is 14.8. The summed E-state index contributed by atoms with van der Waals surface area (Å²) in [6, 6.07) is 0. The molecule has 4 aliphatic carbocycles. The van der Waals surface area contributed by atoms with Gasteiger partial charge in [0.15, 0.2) is 0 Å². The average Bonchev–Trinajstić information content (AvgIpc) is 2.71. The third-order valence-electron chi connectivity index (χ3n) is 8.46. The summed E-state index contributed by atoms with van der Waals surface area (Å²) in [5.74, 6) is 3.08. The van der Waals surface area contributed by atoms with Crippen LogP contribution in [0.5, 0.6) is 0 Å². The molecule has 0 aliphatic heterocycles. The van der Waals surface area contributed by atoms with Crippen LogP contribution in [-0.2, 0) is 4.79 Å². The first-order valence-corrected chi connectivity index (χ1v) is 9.18. The maximum absolute atomic E-state index is 11.8. The van der Waals surface area contributed by atoms with Gasteiger partial charge in [-0.2, -0.15) is 0 Å². The van der Waals surface area contributed by atoms with Crippen molar-refractivity contribution in [3.05, 3.63) is 11.1 Å². The molecule has 0 spiro atoms. The van der Waals surface area contributed by atoms with Crippen LogP contribution in [0.1, 0.15) is 78.6 Å². The number of hydrogen-bond donors (Lipinski definition) is 0. The molecule has 1 nitrogen and oxygen atoms in total. The Labute approximate surface area is 129 Å². The van der Waals surface area contributed by atoms with Crippen LogP contribution >= 0.6 is 0 Å². The van der Waals surface area contributed by atoms with E-state index in [9.17, 15) is 4.79 Å². The molecule has 116 valence electrons. The molecule has 0 heterocycles. The van der Waals surface area contributed by atoms with Crippen molar-refractivity contribution in [2.45, 2.75) is 78.6 Å². The molecule has 21 heavy (non-hydrogen) atoms. The normalized spacial score (nSPS) is 49.7. The number of rotatable bonds is 0. The first kappa shape index (κ1) is 14.0. The number of hydrogen-bond acceptors (Lipinski definition) is 1. The molecule has 0 radical (unpaired) electrons. The quantitative estimate of drug-likeness (QED) is 0.552. The lowest BCUT2D eigenvalue weighted by Gasteiger charge is -2.58. The predicted octanol–water partition coefficient (Wildman–Crippen LogP) is 5.30. The van der Waals surface area contributed by atoms with Crippen LogP contribution in [0.4, 0.5) is 0 Å². The van der Waals surface area contributed by atoms with E-state index >= 15 is 0 Å². The summed E-state index contributed by atoms with van der Waals surface area (Å²) in [5.41, 5.74) is 4.42. The summed E-state index contributed by atoms with van der Waals surface area (Å²) < 4.78 is 0. The van der Waals surface area contributed by atoms with Gasteiger partial charge in [-0.15, -0.1) is 0 Å². The molecule has 0 amide bonds. The van der Waals surface area contributed by atoms with Crippen molar-refractivity contribution in [2.75, 3.05) is 0 Å². The van der Waals surface area contributed by atoms with Gasteiger partial charge in [-0.05, 0) is 73.5 Å². The van der Waals surface area contributed by atoms with Crippen LogP contribution in [0, 0.1) is 28.6 Å². The number of ketones is 1. The number of carbonyl (C=O) groups excluding carboxylic acids is 1. The van der Waals surface area contributed by atoms with Crippen molar-refractivity contribution < 1.29 is 4.79 Å². The molecule has 2 saturated carbocycles. The van der Waals surface area contributed by atoms with E-state index in [1.165, 1.54) is 38.5 Å². The van der Waals surface area contributed by atoms with Gasteiger partial charge in [-0.25, -0.2) is 0 Å². The number of allylic oxidation sites excluding steroid dienone is 2. The van der Waals surface area contributed by atoms with Crippen LogP contribution in [0.15, 0.2) is 11.1 Å². The molecular formula is C20H30O. The molecule has 0 N–H and O–H groups in total. The Balaban J connectivity index is 1.73. The van der Waals surface area contributed by atoms with Gasteiger partial charge in [0.25, 0.3) is 0 Å². The van der Waals surface area contributed by atoms with Crippen LogP contribution in [0.2, 0.25) is 0 Å². The van der Waals surface area contributed by atoms with Crippen molar-refractivity contribution in [1.29, 1.82) is 0 Å². The summed E-state index contributed by atoms with van der Waals surface area (Å²) in [4.78, 5) is 11.8. The Morgan fingerprint density at radius 3 is 2.57 bits per heavy atom. The summed E-state index contributed by atoms with van der Waals surface area (Å²) in [7, 11) is 0. The summed E-state index contributed by atoms with van der Waals surface area (Å²) in [6.45, 7) is 7.73. The fraction of sp³-hybridized carbons (Fsp3) is 0.850. The highest BCUT2D eigenvalue weighted by Gasteiger charge is 2.61. The molecule has 1 heteroatoms. The molecule has 0 aromatic rings. The SMILES string of the molecule is C[C@@H]1CCC2(C)CCC3C4=C(CCC3C12C)CC(=O)CC4. The molecule has 0 aromatic heterocycles. The van der Waals surface area contributed by atoms with E-state index in [2.05, 4.69) is 20.8 Å². The Kier molecular flexibility index (Phi) is 2.98. The number of carbonyl (C=O) groups is 1. The van der Waals surface area contributed by atoms with Crippen molar-refractivity contribution in [1.82, 2.24) is 0 Å². The Bertz CT molecular complexity index is 516. The molecule has 4 unspecified atom stereocenters. The molecule has 5 atom stereocenters. The van der Waals surface area contributed by atoms with Crippen molar-refractivity contribution in [3.63, 3.8) is 0 Å². The van der Waals surface area contributed by atoms with Gasteiger partial charge < -0.3 is 0 Å². The van der Waals surface area contributed by atoms with E-state index in [0.717, 1.165) is 37.0 Å². The lowest BCUT2D eigenvalue weighted by Crippen LogP contribution is -2.51. The van der Waals surface area contributed by atoms with Gasteiger partial charge in [-0.3, -0.25) is 4.79 Å². The predicted molar refractivity (Wildman–Crippen MR) is 85.9 cm³/mol. The largest absolute Gasteiger partial charge is 0.299 e. The van der Waals surface area contributed by atoms with Gasteiger partial charge >= 0.3 is 0 Å². The standard InChI is InChI=1S/C20H30O/c1-13-8-10-19(2)11-9-17-16-6-5-15(21)12-14(16)4-7-18(17)20(13,19)3/h13,17-18H,4-12H2,1-3H3/t13-,17?,18?,19?,20?/m1/s1. The summed E-state index contributed by atoms with van der Waals surface area (Å²) in [5, 5.41) is 0. The third-order valence-corrected chi connectivity index (χ3v) is 8.46. The molecule has 4 aliphatic rings. The monoisotopic (exact) mass is 286 g/mol. The molecular weight excluding hydrogens is 256 g/mol. The van der Waals surface area contributed by atoms with Crippen LogP contribution in [0.25, 0.3) is 0 Å². The minimum Gasteiger partial charge on any atom is -0.299 e. The van der Waals surface area contributed by atoms with E-state index in [4.69, 9.17) is 0 Å². The van der Waals surface area contributed by atoms with Crippen molar-refractivity contribution in [2.24, 2.45) is 28.6 Å².